The molecule has 2 fully saturated rings. The van der Waals surface area contributed by atoms with Crippen LogP contribution in [0.15, 0.2) is 18.2 Å². The van der Waals surface area contributed by atoms with E-state index in [0.29, 0.717) is 23.2 Å². The molecule has 0 spiro atoms. The number of aryl methyl sites for hydroxylation is 1. The van der Waals surface area contributed by atoms with Gasteiger partial charge in [-0.25, -0.2) is 4.79 Å². The van der Waals surface area contributed by atoms with Gasteiger partial charge < -0.3 is 4.90 Å². The van der Waals surface area contributed by atoms with Crippen molar-refractivity contribution >= 4 is 22.6 Å². The first-order valence-corrected chi connectivity index (χ1v) is 8.01. The lowest BCUT2D eigenvalue weighted by molar-refractivity contribution is 0.203. The van der Waals surface area contributed by atoms with Gasteiger partial charge in [0.1, 0.15) is 5.00 Å². The maximum atomic E-state index is 12.4. The average molecular weight is 289 g/mol. The molecule has 20 heavy (non-hydrogen) atoms. The number of hydrogen-bond donors (Lipinski definition) is 1. The molecule has 4 rings (SSSR count). The van der Waals surface area contributed by atoms with E-state index in [1.807, 2.05) is 17.9 Å². The normalized spacial score (nSPS) is 37.5. The fourth-order valence-corrected chi connectivity index (χ4v) is 4.98. The smallest absolute Gasteiger partial charge is 0.322 e. The number of aromatic nitrogens is 1. The van der Waals surface area contributed by atoms with E-state index >= 15 is 0 Å². The topological polar surface area (TPSA) is 45.2 Å². The van der Waals surface area contributed by atoms with Gasteiger partial charge in [0, 0.05) is 13.1 Å². The summed E-state index contributed by atoms with van der Waals surface area (Å²) in [5, 5.41) is 3.83. The predicted molar refractivity (Wildman–Crippen MR) is 79.8 cm³/mol. The molecule has 4 atom stereocenters. The highest BCUT2D eigenvalue weighted by molar-refractivity contribution is 7.10. The number of fused-ring (bicyclic) bond motifs is 5. The molecule has 2 amide bonds. The second-order valence-corrected chi connectivity index (χ2v) is 7.45. The molecule has 3 aliphatic rings. The van der Waals surface area contributed by atoms with Crippen LogP contribution in [0.4, 0.5) is 9.80 Å². The third-order valence-corrected chi connectivity index (χ3v) is 6.22. The average Bonchev–Trinajstić information content (AvgIpc) is 3.10. The minimum absolute atomic E-state index is 0.0312. The van der Waals surface area contributed by atoms with Gasteiger partial charge in [0.05, 0.1) is 5.69 Å². The van der Waals surface area contributed by atoms with Crippen LogP contribution in [0.2, 0.25) is 0 Å². The van der Waals surface area contributed by atoms with E-state index in [-0.39, 0.29) is 6.03 Å². The third-order valence-electron chi connectivity index (χ3n) is 5.42. The Hall–Kier alpha value is -1.36. The second-order valence-electron chi connectivity index (χ2n) is 6.65. The van der Waals surface area contributed by atoms with Crippen LogP contribution < -0.4 is 5.32 Å². The van der Waals surface area contributed by atoms with Crippen molar-refractivity contribution in [1.29, 1.82) is 0 Å². The summed E-state index contributed by atoms with van der Waals surface area (Å²) in [6, 6.07) is 1.95. The molecule has 5 heteroatoms. The molecular weight excluding hydrogens is 270 g/mol. The first-order valence-electron chi connectivity index (χ1n) is 7.24. The lowest BCUT2D eigenvalue weighted by atomic mass is 9.72. The maximum Gasteiger partial charge on any atom is 0.322 e. The van der Waals surface area contributed by atoms with Crippen molar-refractivity contribution in [2.24, 2.45) is 23.2 Å². The van der Waals surface area contributed by atoms with Crippen molar-refractivity contribution in [3.05, 3.63) is 23.9 Å². The minimum Gasteiger partial charge on any atom is -0.324 e. The van der Waals surface area contributed by atoms with Crippen molar-refractivity contribution in [1.82, 2.24) is 9.27 Å². The van der Waals surface area contributed by atoms with Gasteiger partial charge in [-0.1, -0.05) is 19.1 Å². The highest BCUT2D eigenvalue weighted by atomic mass is 32.1. The highest BCUT2D eigenvalue weighted by Crippen LogP contribution is 2.59. The molecule has 2 aliphatic carbocycles. The number of nitrogens with one attached hydrogen (secondary N) is 1. The van der Waals surface area contributed by atoms with E-state index in [9.17, 15) is 4.79 Å². The summed E-state index contributed by atoms with van der Waals surface area (Å²) in [5.74, 6) is 2.00. The molecule has 2 heterocycles. The maximum absolute atomic E-state index is 12.4. The molecule has 1 saturated heterocycles. The summed E-state index contributed by atoms with van der Waals surface area (Å²) < 4.78 is 4.20. The number of allylic oxidation sites excluding steroid dienone is 2. The van der Waals surface area contributed by atoms with E-state index in [4.69, 9.17) is 0 Å². The van der Waals surface area contributed by atoms with Crippen molar-refractivity contribution in [2.75, 3.05) is 18.4 Å². The quantitative estimate of drug-likeness (QED) is 0.807. The SMILES string of the molecule is Cc1cc(NC(=O)N2C[C@@H]3[C@@H]4C=C[C@@H](C4)[C@]3(C)C2)sn1. The fraction of sp³-hybridized carbons (Fsp3) is 0.600. The molecular formula is C15H19N3OS. The first kappa shape index (κ1) is 12.4. The molecule has 1 aromatic heterocycles. The lowest BCUT2D eigenvalue weighted by Gasteiger charge is -2.31. The summed E-state index contributed by atoms with van der Waals surface area (Å²) in [6.45, 7) is 6.07. The molecule has 1 N–H and O–H groups in total. The van der Waals surface area contributed by atoms with Crippen LogP contribution in [0.3, 0.4) is 0 Å². The third kappa shape index (κ3) is 1.65. The molecule has 0 aromatic carbocycles. The Labute approximate surface area is 123 Å². The molecule has 0 radical (unpaired) electrons. The number of amides is 2. The minimum atomic E-state index is 0.0312. The van der Waals surface area contributed by atoms with Crippen LogP contribution >= 0.6 is 11.5 Å². The standard InChI is InChI=1S/C15H19N3OS/c1-9-5-13(20-17-9)16-14(19)18-7-12-10-3-4-11(6-10)15(12,2)8-18/h3-5,10-12H,6-8H2,1-2H3,(H,16,19)/t10-,11+,12-,15+/m1/s1. The van der Waals surface area contributed by atoms with Crippen LogP contribution in [0.25, 0.3) is 0 Å². The molecule has 1 aromatic rings. The summed E-state index contributed by atoms with van der Waals surface area (Å²) >= 11 is 1.35. The van der Waals surface area contributed by atoms with E-state index in [1.54, 1.807) is 0 Å². The van der Waals surface area contributed by atoms with Gasteiger partial charge in [-0.15, -0.1) is 0 Å². The molecule has 2 bridgehead atoms. The molecule has 106 valence electrons. The Balaban J connectivity index is 1.48. The van der Waals surface area contributed by atoms with Crippen molar-refractivity contribution in [3.63, 3.8) is 0 Å². The van der Waals surface area contributed by atoms with Crippen molar-refractivity contribution < 1.29 is 4.79 Å². The van der Waals surface area contributed by atoms with Crippen LogP contribution in [-0.2, 0) is 0 Å². The second kappa shape index (κ2) is 4.07. The first-order chi connectivity index (χ1) is 9.56. The Morgan fingerprint density at radius 2 is 2.40 bits per heavy atom. The zero-order chi connectivity index (χ0) is 13.9. The molecule has 1 saturated carbocycles. The summed E-state index contributed by atoms with van der Waals surface area (Å²) in [7, 11) is 0. The van der Waals surface area contributed by atoms with Crippen LogP contribution in [0.5, 0.6) is 0 Å². The van der Waals surface area contributed by atoms with E-state index in [1.165, 1.54) is 18.0 Å². The zero-order valence-electron chi connectivity index (χ0n) is 11.8. The molecule has 0 unspecified atom stereocenters. The fourth-order valence-electron chi connectivity index (χ4n) is 4.33. The molecule has 4 nitrogen and oxygen atoms in total. The summed E-state index contributed by atoms with van der Waals surface area (Å²) in [6.07, 6.45) is 6.03. The highest BCUT2D eigenvalue weighted by Gasteiger charge is 2.58. The number of likely N-dealkylation sites (tertiary alicyclic amines) is 1. The Morgan fingerprint density at radius 3 is 3.10 bits per heavy atom. The Bertz CT molecular complexity index is 596. The number of rotatable bonds is 1. The van der Waals surface area contributed by atoms with Crippen molar-refractivity contribution in [3.8, 4) is 0 Å². The predicted octanol–water partition coefficient (Wildman–Crippen LogP) is 3.13. The van der Waals surface area contributed by atoms with Gasteiger partial charge in [-0.3, -0.25) is 5.32 Å². The Morgan fingerprint density at radius 1 is 1.55 bits per heavy atom. The van der Waals surface area contributed by atoms with Crippen LogP contribution in [0.1, 0.15) is 19.0 Å². The monoisotopic (exact) mass is 289 g/mol. The number of urea groups is 1. The van der Waals surface area contributed by atoms with E-state index in [0.717, 1.165) is 23.8 Å². The van der Waals surface area contributed by atoms with Gasteiger partial charge in [0.25, 0.3) is 0 Å². The van der Waals surface area contributed by atoms with Crippen LogP contribution in [0, 0.1) is 30.1 Å². The summed E-state index contributed by atoms with van der Waals surface area (Å²) in [4.78, 5) is 14.4. The van der Waals surface area contributed by atoms with Crippen molar-refractivity contribution in [2.45, 2.75) is 20.3 Å². The van der Waals surface area contributed by atoms with Gasteiger partial charge in [-0.05, 0) is 54.1 Å². The summed E-state index contributed by atoms with van der Waals surface area (Å²) in [5.41, 5.74) is 1.25. The zero-order valence-corrected chi connectivity index (χ0v) is 12.6. The van der Waals surface area contributed by atoms with E-state index < -0.39 is 0 Å². The van der Waals surface area contributed by atoms with Gasteiger partial charge >= 0.3 is 6.03 Å². The number of anilines is 1. The molecule has 1 aliphatic heterocycles. The van der Waals surface area contributed by atoms with Gasteiger partial charge in [-0.2, -0.15) is 4.37 Å². The Kier molecular flexibility index (Phi) is 2.52. The van der Waals surface area contributed by atoms with Gasteiger partial charge in [0.2, 0.25) is 0 Å². The number of carbonyl (C=O) groups is 1. The number of hydrogen-bond acceptors (Lipinski definition) is 3. The lowest BCUT2D eigenvalue weighted by Crippen LogP contribution is -2.36. The van der Waals surface area contributed by atoms with Crippen LogP contribution in [-0.4, -0.2) is 28.4 Å². The van der Waals surface area contributed by atoms with E-state index in [2.05, 4.69) is 28.8 Å². The largest absolute Gasteiger partial charge is 0.324 e. The number of nitrogens with zero attached hydrogens (tertiary/aromatic N) is 2. The van der Waals surface area contributed by atoms with Gasteiger partial charge in [0.15, 0.2) is 0 Å². The number of carbonyl (C=O) groups excluding carboxylic acids is 1.